The number of rotatable bonds is 6. The summed E-state index contributed by atoms with van der Waals surface area (Å²) in [4.78, 5) is 8.39. The zero-order valence-corrected chi connectivity index (χ0v) is 13.1. The molecule has 0 radical (unpaired) electrons. The van der Waals surface area contributed by atoms with Gasteiger partial charge in [0.15, 0.2) is 0 Å². The van der Waals surface area contributed by atoms with Gasteiger partial charge >= 0.3 is 0 Å². The van der Waals surface area contributed by atoms with Gasteiger partial charge in [0.25, 0.3) is 0 Å². The summed E-state index contributed by atoms with van der Waals surface area (Å²) < 4.78 is 24.4. The molecule has 0 saturated heterocycles. The van der Waals surface area contributed by atoms with Crippen molar-refractivity contribution in [2.45, 2.75) is 19.8 Å². The van der Waals surface area contributed by atoms with E-state index < -0.39 is 10.0 Å². The molecule has 0 spiro atoms. The molecule has 0 aliphatic carbocycles. The molecule has 1 aromatic rings. The van der Waals surface area contributed by atoms with E-state index in [1.165, 1.54) is 18.4 Å². The summed E-state index contributed by atoms with van der Waals surface area (Å²) in [6.07, 6.45) is 0. The Kier molecular flexibility index (Phi) is 5.51. The minimum absolute atomic E-state index is 0.00136. The van der Waals surface area contributed by atoms with Crippen LogP contribution in [0, 0.1) is 0 Å². The summed E-state index contributed by atoms with van der Waals surface area (Å²) in [6.45, 7) is 4.20. The normalized spacial score (nSPS) is 12.2. The van der Waals surface area contributed by atoms with Gasteiger partial charge in [-0.1, -0.05) is 25.4 Å². The Morgan fingerprint density at radius 3 is 2.53 bits per heavy atom. The van der Waals surface area contributed by atoms with Gasteiger partial charge in [-0.05, 0) is 0 Å². The van der Waals surface area contributed by atoms with Crippen LogP contribution in [0.1, 0.15) is 25.6 Å². The van der Waals surface area contributed by atoms with Crippen LogP contribution in [-0.2, 0) is 10.0 Å². The standard InChI is InChI=1S/C11H19ClN4O2S/c1-8(2)11-14-9(12)7-10(15-11)13-5-6-19(17,18)16(3)4/h7-8H,5-6H2,1-4H3,(H,13,14,15). The van der Waals surface area contributed by atoms with E-state index >= 15 is 0 Å². The van der Waals surface area contributed by atoms with Crippen molar-refractivity contribution < 1.29 is 8.42 Å². The van der Waals surface area contributed by atoms with Crippen molar-refractivity contribution in [3.8, 4) is 0 Å². The fourth-order valence-electron chi connectivity index (χ4n) is 1.27. The molecule has 108 valence electrons. The summed E-state index contributed by atoms with van der Waals surface area (Å²) in [5.41, 5.74) is 0. The number of hydrogen-bond acceptors (Lipinski definition) is 5. The van der Waals surface area contributed by atoms with E-state index in [1.54, 1.807) is 6.07 Å². The van der Waals surface area contributed by atoms with Crippen molar-refractivity contribution >= 4 is 27.4 Å². The predicted octanol–water partition coefficient (Wildman–Crippen LogP) is 1.56. The van der Waals surface area contributed by atoms with Crippen molar-refractivity contribution in [1.82, 2.24) is 14.3 Å². The van der Waals surface area contributed by atoms with Gasteiger partial charge in [0.1, 0.15) is 16.8 Å². The molecular formula is C11H19ClN4O2S. The third kappa shape index (κ3) is 4.93. The molecule has 1 heterocycles. The topological polar surface area (TPSA) is 75.2 Å². The average Bonchev–Trinajstić information content (AvgIpc) is 2.27. The lowest BCUT2D eigenvalue weighted by Crippen LogP contribution is -2.28. The largest absolute Gasteiger partial charge is 0.369 e. The van der Waals surface area contributed by atoms with Crippen molar-refractivity contribution in [1.29, 1.82) is 0 Å². The van der Waals surface area contributed by atoms with Gasteiger partial charge < -0.3 is 5.32 Å². The fourth-order valence-corrected chi connectivity index (χ4v) is 2.19. The van der Waals surface area contributed by atoms with Crippen LogP contribution in [0.15, 0.2) is 6.07 Å². The molecule has 1 aromatic heterocycles. The quantitative estimate of drug-likeness (QED) is 0.807. The first-order valence-electron chi connectivity index (χ1n) is 5.91. The second kappa shape index (κ2) is 6.49. The highest BCUT2D eigenvalue weighted by atomic mass is 35.5. The Labute approximate surface area is 119 Å². The van der Waals surface area contributed by atoms with Gasteiger partial charge in [0.2, 0.25) is 10.0 Å². The molecule has 6 nitrogen and oxygen atoms in total. The Bertz CT molecular complexity index is 531. The van der Waals surface area contributed by atoms with Gasteiger partial charge in [-0.2, -0.15) is 0 Å². The molecule has 1 N–H and O–H groups in total. The van der Waals surface area contributed by atoms with Gasteiger partial charge in [0, 0.05) is 32.6 Å². The minimum Gasteiger partial charge on any atom is -0.369 e. The van der Waals surface area contributed by atoms with E-state index in [1.807, 2.05) is 13.8 Å². The predicted molar refractivity (Wildman–Crippen MR) is 77.1 cm³/mol. The first kappa shape index (κ1) is 16.1. The molecule has 1 rings (SSSR count). The van der Waals surface area contributed by atoms with E-state index in [0.717, 1.165) is 0 Å². The maximum Gasteiger partial charge on any atom is 0.215 e. The maximum atomic E-state index is 11.6. The number of sulfonamides is 1. The summed E-state index contributed by atoms with van der Waals surface area (Å²) in [7, 11) is -0.195. The zero-order chi connectivity index (χ0) is 14.6. The number of hydrogen-bond donors (Lipinski definition) is 1. The van der Waals surface area contributed by atoms with Gasteiger partial charge in [-0.25, -0.2) is 22.7 Å². The first-order valence-corrected chi connectivity index (χ1v) is 7.89. The molecule has 0 atom stereocenters. The molecule has 19 heavy (non-hydrogen) atoms. The van der Waals surface area contributed by atoms with Crippen LogP contribution in [0.2, 0.25) is 5.15 Å². The second-order valence-electron chi connectivity index (χ2n) is 4.61. The van der Waals surface area contributed by atoms with Crippen molar-refractivity contribution in [3.63, 3.8) is 0 Å². The highest BCUT2D eigenvalue weighted by molar-refractivity contribution is 7.89. The Balaban J connectivity index is 2.69. The molecule has 0 aromatic carbocycles. The fraction of sp³-hybridized carbons (Fsp3) is 0.636. The number of nitrogens with one attached hydrogen (secondary N) is 1. The Hall–Kier alpha value is -0.920. The van der Waals surface area contributed by atoms with Crippen LogP contribution in [0.5, 0.6) is 0 Å². The Morgan fingerprint density at radius 1 is 1.37 bits per heavy atom. The van der Waals surface area contributed by atoms with Crippen LogP contribution in [0.25, 0.3) is 0 Å². The SMILES string of the molecule is CC(C)c1nc(Cl)cc(NCCS(=O)(=O)N(C)C)n1. The number of anilines is 1. The van der Waals surface area contributed by atoms with Crippen LogP contribution < -0.4 is 5.32 Å². The lowest BCUT2D eigenvalue weighted by molar-refractivity contribution is 0.521. The molecule has 8 heteroatoms. The highest BCUT2D eigenvalue weighted by Crippen LogP contribution is 2.16. The molecular weight excluding hydrogens is 288 g/mol. The monoisotopic (exact) mass is 306 g/mol. The number of aromatic nitrogens is 2. The van der Waals surface area contributed by atoms with Gasteiger partial charge in [0.05, 0.1) is 5.75 Å². The summed E-state index contributed by atoms with van der Waals surface area (Å²) in [5, 5.41) is 3.29. The van der Waals surface area contributed by atoms with Crippen molar-refractivity contribution in [3.05, 3.63) is 17.0 Å². The van der Waals surface area contributed by atoms with Crippen LogP contribution in [0.3, 0.4) is 0 Å². The molecule has 0 aliphatic rings. The maximum absolute atomic E-state index is 11.6. The van der Waals surface area contributed by atoms with Crippen molar-refractivity contribution in [2.24, 2.45) is 0 Å². The van der Waals surface area contributed by atoms with E-state index in [9.17, 15) is 8.42 Å². The molecule has 0 fully saturated rings. The second-order valence-corrected chi connectivity index (χ2v) is 7.30. The third-order valence-corrected chi connectivity index (χ3v) is 4.48. The van der Waals surface area contributed by atoms with Gasteiger partial charge in [-0.15, -0.1) is 0 Å². The summed E-state index contributed by atoms with van der Waals surface area (Å²) in [6, 6.07) is 1.58. The van der Waals surface area contributed by atoms with E-state index in [2.05, 4.69) is 15.3 Å². The molecule has 0 amide bonds. The Morgan fingerprint density at radius 2 is 2.00 bits per heavy atom. The molecule has 0 unspecified atom stereocenters. The van der Waals surface area contributed by atoms with Gasteiger partial charge in [-0.3, -0.25) is 0 Å². The molecule has 0 saturated carbocycles. The van der Waals surface area contributed by atoms with E-state index in [4.69, 9.17) is 11.6 Å². The van der Waals surface area contributed by atoms with E-state index in [-0.39, 0.29) is 18.2 Å². The van der Waals surface area contributed by atoms with Crippen LogP contribution >= 0.6 is 11.6 Å². The smallest absolute Gasteiger partial charge is 0.215 e. The van der Waals surface area contributed by atoms with Crippen molar-refractivity contribution in [2.75, 3.05) is 31.7 Å². The zero-order valence-electron chi connectivity index (χ0n) is 11.5. The van der Waals surface area contributed by atoms with Crippen LogP contribution in [0.4, 0.5) is 5.82 Å². The third-order valence-electron chi connectivity index (χ3n) is 2.45. The summed E-state index contributed by atoms with van der Waals surface area (Å²) >= 11 is 5.90. The lowest BCUT2D eigenvalue weighted by atomic mass is 10.2. The minimum atomic E-state index is -3.21. The average molecular weight is 307 g/mol. The number of nitrogens with zero attached hydrogens (tertiary/aromatic N) is 3. The molecule has 0 aliphatic heterocycles. The van der Waals surface area contributed by atoms with E-state index in [0.29, 0.717) is 16.8 Å². The summed E-state index contributed by atoms with van der Waals surface area (Å²) in [5.74, 6) is 1.33. The first-order chi connectivity index (χ1) is 8.72. The lowest BCUT2D eigenvalue weighted by Gasteiger charge is -2.12. The highest BCUT2D eigenvalue weighted by Gasteiger charge is 2.13. The number of halogens is 1. The van der Waals surface area contributed by atoms with Crippen LogP contribution in [-0.4, -0.2) is 49.1 Å². The molecule has 0 bridgehead atoms.